The summed E-state index contributed by atoms with van der Waals surface area (Å²) < 4.78 is 0. The SMILES string of the molecule is CCCCCC(CCCC)CN1CCC2(CC1)CCN(C(=O)CCC(C)CCC)CC2. The fourth-order valence-corrected chi connectivity index (χ4v) is 5.97. The number of unbranched alkanes of at least 4 members (excludes halogenated alkanes) is 3. The van der Waals surface area contributed by atoms with Crippen molar-refractivity contribution in [3.8, 4) is 0 Å². The number of piperidine rings is 2. The third kappa shape index (κ3) is 9.44. The smallest absolute Gasteiger partial charge is 0.222 e. The Bertz CT molecular complexity index is 473. The Hall–Kier alpha value is -0.570. The van der Waals surface area contributed by atoms with Crippen LogP contribution in [-0.2, 0) is 4.79 Å². The minimum Gasteiger partial charge on any atom is -0.343 e. The van der Waals surface area contributed by atoms with E-state index in [1.165, 1.54) is 103 Å². The molecule has 0 saturated carbocycles. The highest BCUT2D eigenvalue weighted by Crippen LogP contribution is 2.41. The minimum absolute atomic E-state index is 0.418. The second kappa shape index (κ2) is 14.6. The highest BCUT2D eigenvalue weighted by atomic mass is 16.2. The average Bonchev–Trinajstić information content (AvgIpc) is 2.78. The quantitative estimate of drug-likeness (QED) is 0.268. The number of carbonyl (C=O) groups excluding carboxylic acids is 1. The summed E-state index contributed by atoms with van der Waals surface area (Å²) in [6.07, 6.45) is 19.3. The van der Waals surface area contributed by atoms with Gasteiger partial charge in [0.15, 0.2) is 0 Å². The largest absolute Gasteiger partial charge is 0.343 e. The van der Waals surface area contributed by atoms with E-state index in [1.54, 1.807) is 0 Å². The molecule has 0 aromatic heterocycles. The number of amides is 1. The Labute approximate surface area is 194 Å². The van der Waals surface area contributed by atoms with Crippen molar-refractivity contribution in [3.63, 3.8) is 0 Å². The summed E-state index contributed by atoms with van der Waals surface area (Å²) in [5.41, 5.74) is 0.532. The van der Waals surface area contributed by atoms with Gasteiger partial charge < -0.3 is 9.80 Å². The summed E-state index contributed by atoms with van der Waals surface area (Å²) in [5, 5.41) is 0. The highest BCUT2D eigenvalue weighted by molar-refractivity contribution is 5.76. The fraction of sp³-hybridized carbons (Fsp3) is 0.964. The van der Waals surface area contributed by atoms with Gasteiger partial charge in [0.2, 0.25) is 5.91 Å². The van der Waals surface area contributed by atoms with E-state index < -0.39 is 0 Å². The molecule has 3 heteroatoms. The molecular formula is C28H54N2O. The molecule has 2 heterocycles. The summed E-state index contributed by atoms with van der Waals surface area (Å²) in [5.74, 6) is 2.02. The van der Waals surface area contributed by atoms with Crippen molar-refractivity contribution in [2.24, 2.45) is 17.3 Å². The van der Waals surface area contributed by atoms with E-state index in [0.717, 1.165) is 31.8 Å². The molecule has 1 amide bonds. The number of likely N-dealkylation sites (tertiary alicyclic amines) is 2. The molecule has 2 unspecified atom stereocenters. The monoisotopic (exact) mass is 434 g/mol. The molecule has 0 aromatic rings. The molecule has 2 fully saturated rings. The van der Waals surface area contributed by atoms with Gasteiger partial charge in [0.25, 0.3) is 0 Å². The molecule has 0 aromatic carbocycles. The molecule has 31 heavy (non-hydrogen) atoms. The molecule has 1 spiro atoms. The van der Waals surface area contributed by atoms with E-state index in [9.17, 15) is 4.79 Å². The van der Waals surface area contributed by atoms with Crippen molar-refractivity contribution in [2.45, 2.75) is 124 Å². The van der Waals surface area contributed by atoms with Gasteiger partial charge in [-0.3, -0.25) is 4.79 Å². The Morgan fingerprint density at radius 3 is 2.00 bits per heavy atom. The summed E-state index contributed by atoms with van der Waals surface area (Å²) in [6.45, 7) is 15.1. The van der Waals surface area contributed by atoms with Gasteiger partial charge in [0.1, 0.15) is 0 Å². The molecule has 182 valence electrons. The Morgan fingerprint density at radius 2 is 1.39 bits per heavy atom. The maximum Gasteiger partial charge on any atom is 0.222 e. The lowest BCUT2D eigenvalue weighted by molar-refractivity contribution is -0.134. The average molecular weight is 435 g/mol. The number of rotatable bonds is 14. The van der Waals surface area contributed by atoms with Gasteiger partial charge in [-0.1, -0.05) is 72.6 Å². The first-order valence-corrected chi connectivity index (χ1v) is 14.0. The molecule has 2 atom stereocenters. The maximum atomic E-state index is 12.7. The van der Waals surface area contributed by atoms with Crippen LogP contribution >= 0.6 is 0 Å². The molecule has 0 radical (unpaired) electrons. The van der Waals surface area contributed by atoms with Crippen LogP contribution in [0.4, 0.5) is 0 Å². The van der Waals surface area contributed by atoms with Crippen LogP contribution < -0.4 is 0 Å². The van der Waals surface area contributed by atoms with Crippen molar-refractivity contribution in [3.05, 3.63) is 0 Å². The third-order valence-electron chi connectivity index (χ3n) is 8.42. The summed E-state index contributed by atoms with van der Waals surface area (Å²) in [4.78, 5) is 17.6. The van der Waals surface area contributed by atoms with E-state index in [1.807, 2.05) is 0 Å². The zero-order valence-electron chi connectivity index (χ0n) is 21.6. The topological polar surface area (TPSA) is 23.6 Å². The number of hydrogen-bond donors (Lipinski definition) is 0. The summed E-state index contributed by atoms with van der Waals surface area (Å²) in [7, 11) is 0. The van der Waals surface area contributed by atoms with E-state index in [2.05, 4.69) is 37.5 Å². The van der Waals surface area contributed by atoms with Crippen LogP contribution in [0.5, 0.6) is 0 Å². The Kier molecular flexibility index (Phi) is 12.5. The van der Waals surface area contributed by atoms with Gasteiger partial charge in [-0.05, 0) is 75.3 Å². The standard InChI is InChI=1S/C28H54N2O/c1-5-8-10-13-26(12-9-6-2)24-29-20-16-28(17-21-29)18-22-30(23-19-28)27(31)15-14-25(4)11-7-3/h25-26H,5-24H2,1-4H3. The van der Waals surface area contributed by atoms with Gasteiger partial charge in [-0.15, -0.1) is 0 Å². The highest BCUT2D eigenvalue weighted by Gasteiger charge is 2.38. The second-order valence-electron chi connectivity index (χ2n) is 11.1. The zero-order valence-corrected chi connectivity index (χ0v) is 21.6. The summed E-state index contributed by atoms with van der Waals surface area (Å²) >= 11 is 0. The first kappa shape index (κ1) is 26.7. The van der Waals surface area contributed by atoms with Crippen molar-refractivity contribution in [1.82, 2.24) is 9.80 Å². The molecule has 0 N–H and O–H groups in total. The van der Waals surface area contributed by atoms with E-state index in [0.29, 0.717) is 17.2 Å². The fourth-order valence-electron chi connectivity index (χ4n) is 5.97. The molecule has 3 nitrogen and oxygen atoms in total. The van der Waals surface area contributed by atoms with Gasteiger partial charge in [0, 0.05) is 26.1 Å². The van der Waals surface area contributed by atoms with E-state index >= 15 is 0 Å². The molecular weight excluding hydrogens is 380 g/mol. The van der Waals surface area contributed by atoms with Crippen molar-refractivity contribution >= 4 is 5.91 Å². The third-order valence-corrected chi connectivity index (χ3v) is 8.42. The zero-order chi connectivity index (χ0) is 22.5. The van der Waals surface area contributed by atoms with Crippen LogP contribution in [0.3, 0.4) is 0 Å². The second-order valence-corrected chi connectivity index (χ2v) is 11.1. The van der Waals surface area contributed by atoms with Crippen molar-refractivity contribution in [2.75, 3.05) is 32.7 Å². The van der Waals surface area contributed by atoms with E-state index in [-0.39, 0.29) is 0 Å². The Balaban J connectivity index is 1.71. The molecule has 0 aliphatic carbocycles. The molecule has 2 aliphatic heterocycles. The molecule has 2 rings (SSSR count). The van der Waals surface area contributed by atoms with Crippen LogP contribution in [0.1, 0.15) is 124 Å². The lowest BCUT2D eigenvalue weighted by atomic mass is 9.71. The number of carbonyl (C=O) groups is 1. The van der Waals surface area contributed by atoms with Crippen LogP contribution in [0, 0.1) is 17.3 Å². The predicted octanol–water partition coefficient (Wildman–Crippen LogP) is 7.29. The van der Waals surface area contributed by atoms with Crippen LogP contribution in [0.2, 0.25) is 0 Å². The maximum absolute atomic E-state index is 12.7. The van der Waals surface area contributed by atoms with Crippen LogP contribution in [0.25, 0.3) is 0 Å². The van der Waals surface area contributed by atoms with Crippen LogP contribution in [0.15, 0.2) is 0 Å². The molecule has 2 saturated heterocycles. The van der Waals surface area contributed by atoms with Crippen molar-refractivity contribution in [1.29, 1.82) is 0 Å². The van der Waals surface area contributed by atoms with Gasteiger partial charge in [-0.25, -0.2) is 0 Å². The normalized spacial score (nSPS) is 21.4. The number of nitrogens with zero attached hydrogens (tertiary/aromatic N) is 2. The Morgan fingerprint density at radius 1 is 0.774 bits per heavy atom. The van der Waals surface area contributed by atoms with E-state index in [4.69, 9.17) is 0 Å². The molecule has 0 bridgehead atoms. The first-order chi connectivity index (χ1) is 15.0. The van der Waals surface area contributed by atoms with Gasteiger partial charge in [0.05, 0.1) is 0 Å². The lowest BCUT2D eigenvalue weighted by Gasteiger charge is -2.47. The van der Waals surface area contributed by atoms with Crippen LogP contribution in [-0.4, -0.2) is 48.4 Å². The minimum atomic E-state index is 0.418. The first-order valence-electron chi connectivity index (χ1n) is 14.0. The lowest BCUT2D eigenvalue weighted by Crippen LogP contribution is -2.48. The van der Waals surface area contributed by atoms with Gasteiger partial charge >= 0.3 is 0 Å². The molecule has 2 aliphatic rings. The predicted molar refractivity (Wildman–Crippen MR) is 134 cm³/mol. The summed E-state index contributed by atoms with van der Waals surface area (Å²) in [6, 6.07) is 0. The van der Waals surface area contributed by atoms with Crippen molar-refractivity contribution < 1.29 is 4.79 Å². The van der Waals surface area contributed by atoms with Gasteiger partial charge in [-0.2, -0.15) is 0 Å². The number of hydrogen-bond acceptors (Lipinski definition) is 2.